The first-order valence-corrected chi connectivity index (χ1v) is 11.9. The molecule has 4 rings (SSSR count). The van der Waals surface area contributed by atoms with Crippen molar-refractivity contribution in [3.05, 3.63) is 70.2 Å². The molecule has 1 amide bonds. The normalized spacial score (nSPS) is 11.9. The summed E-state index contributed by atoms with van der Waals surface area (Å²) in [7, 11) is -0.580. The summed E-state index contributed by atoms with van der Waals surface area (Å²) in [5.41, 5.74) is 2.04. The third-order valence-electron chi connectivity index (χ3n) is 4.74. The molecular weight excluding hydrogens is 456 g/mol. The number of carbonyl (C=O) groups excluding carboxylic acids is 1. The van der Waals surface area contributed by atoms with Crippen LogP contribution in [0.5, 0.6) is 0 Å². The second-order valence-corrected chi connectivity index (χ2v) is 10.6. The van der Waals surface area contributed by atoms with E-state index in [-0.39, 0.29) is 10.8 Å². The molecule has 0 unspecified atom stereocenters. The summed E-state index contributed by atoms with van der Waals surface area (Å²) in [6.07, 6.45) is 0. The molecular formula is C21H19ClN4O3S2. The predicted molar refractivity (Wildman–Crippen MR) is 124 cm³/mol. The number of aryl methyl sites for hydroxylation is 1. The standard InChI is InChI=1S/C21H19ClN4O3S2/c1-13-16-12-19(30-21(16)26(24-13)18-7-5-4-6-17(18)22)20(27)23-14-8-10-15(11-9-14)31(28,29)25(2)3/h4-12H,1-3H3,(H,23,27). The number of nitrogens with zero attached hydrogens (tertiary/aromatic N) is 3. The largest absolute Gasteiger partial charge is 0.321 e. The van der Waals surface area contributed by atoms with Gasteiger partial charge in [0.05, 0.1) is 26.2 Å². The maximum Gasteiger partial charge on any atom is 0.265 e. The van der Waals surface area contributed by atoms with E-state index < -0.39 is 10.0 Å². The molecule has 0 aliphatic heterocycles. The van der Waals surface area contributed by atoms with Gasteiger partial charge in [-0.15, -0.1) is 11.3 Å². The van der Waals surface area contributed by atoms with E-state index in [4.69, 9.17) is 11.6 Å². The first kappa shape index (κ1) is 21.5. The zero-order valence-electron chi connectivity index (χ0n) is 17.0. The van der Waals surface area contributed by atoms with E-state index in [1.165, 1.54) is 37.6 Å². The van der Waals surface area contributed by atoms with Crippen molar-refractivity contribution >= 4 is 54.8 Å². The Labute approximate surface area is 188 Å². The molecule has 10 heteroatoms. The van der Waals surface area contributed by atoms with Crippen LogP contribution in [0, 0.1) is 6.92 Å². The van der Waals surface area contributed by atoms with Gasteiger partial charge in [0.2, 0.25) is 10.0 Å². The number of hydrogen-bond donors (Lipinski definition) is 1. The Hall–Kier alpha value is -2.72. The van der Waals surface area contributed by atoms with Crippen molar-refractivity contribution in [1.82, 2.24) is 14.1 Å². The van der Waals surface area contributed by atoms with E-state index >= 15 is 0 Å². The number of amides is 1. The Morgan fingerprint density at radius 2 is 1.81 bits per heavy atom. The topological polar surface area (TPSA) is 84.3 Å². The van der Waals surface area contributed by atoms with Gasteiger partial charge in [-0.2, -0.15) is 5.10 Å². The Kier molecular flexibility index (Phi) is 5.61. The summed E-state index contributed by atoms with van der Waals surface area (Å²) in [6.45, 7) is 1.88. The molecule has 0 spiro atoms. The molecule has 0 aliphatic carbocycles. The molecule has 2 aromatic carbocycles. The van der Waals surface area contributed by atoms with Crippen molar-refractivity contribution in [1.29, 1.82) is 0 Å². The zero-order valence-corrected chi connectivity index (χ0v) is 19.3. The number of aromatic nitrogens is 2. The van der Waals surface area contributed by atoms with Crippen molar-refractivity contribution in [2.45, 2.75) is 11.8 Å². The number of benzene rings is 2. The molecule has 7 nitrogen and oxygen atoms in total. The molecule has 0 saturated carbocycles. The Morgan fingerprint density at radius 3 is 2.45 bits per heavy atom. The van der Waals surface area contributed by atoms with Gasteiger partial charge in [0.15, 0.2) is 0 Å². The number of carbonyl (C=O) groups is 1. The summed E-state index contributed by atoms with van der Waals surface area (Å²) < 4.78 is 27.3. The number of hydrogen-bond acceptors (Lipinski definition) is 5. The highest BCUT2D eigenvalue weighted by atomic mass is 35.5. The molecule has 2 aromatic heterocycles. The van der Waals surface area contributed by atoms with Gasteiger partial charge in [0, 0.05) is 25.2 Å². The minimum atomic E-state index is -3.52. The van der Waals surface area contributed by atoms with Gasteiger partial charge >= 0.3 is 0 Å². The smallest absolute Gasteiger partial charge is 0.265 e. The third kappa shape index (κ3) is 3.97. The van der Waals surface area contributed by atoms with Gasteiger partial charge in [-0.05, 0) is 49.4 Å². The number of para-hydroxylation sites is 1. The fraction of sp³-hybridized carbons (Fsp3) is 0.143. The van der Waals surface area contributed by atoms with Crippen molar-refractivity contribution < 1.29 is 13.2 Å². The number of anilines is 1. The molecule has 160 valence electrons. The first-order valence-electron chi connectivity index (χ1n) is 9.26. The monoisotopic (exact) mass is 474 g/mol. The van der Waals surface area contributed by atoms with Crippen LogP contribution in [0.25, 0.3) is 15.9 Å². The predicted octanol–water partition coefficient (Wildman–Crippen LogP) is 4.55. The van der Waals surface area contributed by atoms with E-state index in [0.29, 0.717) is 15.6 Å². The van der Waals surface area contributed by atoms with Crippen LogP contribution in [0.2, 0.25) is 5.02 Å². The highest BCUT2D eigenvalue weighted by Crippen LogP contribution is 2.32. The quantitative estimate of drug-likeness (QED) is 0.459. The highest BCUT2D eigenvalue weighted by Gasteiger charge is 2.19. The minimum Gasteiger partial charge on any atom is -0.321 e. The average molecular weight is 475 g/mol. The molecule has 0 bridgehead atoms. The zero-order chi connectivity index (χ0) is 22.3. The minimum absolute atomic E-state index is 0.160. The molecule has 0 aliphatic rings. The molecule has 0 saturated heterocycles. The number of rotatable bonds is 5. The second kappa shape index (κ2) is 8.08. The van der Waals surface area contributed by atoms with Crippen molar-refractivity contribution in [2.75, 3.05) is 19.4 Å². The molecule has 0 atom stereocenters. The fourth-order valence-electron chi connectivity index (χ4n) is 3.06. The van der Waals surface area contributed by atoms with Crippen LogP contribution < -0.4 is 5.32 Å². The maximum atomic E-state index is 12.8. The molecule has 0 fully saturated rings. The van der Waals surface area contributed by atoms with Crippen LogP contribution in [-0.2, 0) is 10.0 Å². The molecule has 4 aromatic rings. The first-order chi connectivity index (χ1) is 14.7. The number of fused-ring (bicyclic) bond motifs is 1. The average Bonchev–Trinajstić information content (AvgIpc) is 3.30. The van der Waals surface area contributed by atoms with E-state index in [1.54, 1.807) is 28.9 Å². The Bertz CT molecular complexity index is 1390. The van der Waals surface area contributed by atoms with Gasteiger partial charge in [0.25, 0.3) is 5.91 Å². The number of nitrogens with one attached hydrogen (secondary N) is 1. The van der Waals surface area contributed by atoms with Gasteiger partial charge < -0.3 is 5.32 Å². The highest BCUT2D eigenvalue weighted by molar-refractivity contribution is 7.89. The van der Waals surface area contributed by atoms with Crippen molar-refractivity contribution in [2.24, 2.45) is 0 Å². The lowest BCUT2D eigenvalue weighted by atomic mass is 10.3. The lowest BCUT2D eigenvalue weighted by Crippen LogP contribution is -2.22. The molecule has 31 heavy (non-hydrogen) atoms. The summed E-state index contributed by atoms with van der Waals surface area (Å²) in [6, 6.07) is 15.3. The van der Waals surface area contributed by atoms with Gasteiger partial charge in [-0.25, -0.2) is 17.4 Å². The van der Waals surface area contributed by atoms with Crippen molar-refractivity contribution in [3.8, 4) is 5.69 Å². The lowest BCUT2D eigenvalue weighted by molar-refractivity contribution is 0.103. The summed E-state index contributed by atoms with van der Waals surface area (Å²) in [5.74, 6) is -0.283. The summed E-state index contributed by atoms with van der Waals surface area (Å²) in [4.78, 5) is 14.3. The second-order valence-electron chi connectivity index (χ2n) is 7.04. The van der Waals surface area contributed by atoms with Crippen molar-refractivity contribution in [3.63, 3.8) is 0 Å². The van der Waals surface area contributed by atoms with E-state index in [2.05, 4.69) is 10.4 Å². The van der Waals surface area contributed by atoms with Gasteiger partial charge in [0.1, 0.15) is 4.83 Å². The van der Waals surface area contributed by atoms with E-state index in [1.807, 2.05) is 25.1 Å². The van der Waals surface area contributed by atoms with Crippen LogP contribution in [0.1, 0.15) is 15.4 Å². The van der Waals surface area contributed by atoms with Gasteiger partial charge in [-0.1, -0.05) is 23.7 Å². The summed E-state index contributed by atoms with van der Waals surface area (Å²) >= 11 is 7.64. The number of thiophene rings is 1. The molecule has 0 radical (unpaired) electrons. The lowest BCUT2D eigenvalue weighted by Gasteiger charge is -2.11. The van der Waals surface area contributed by atoms with E-state index in [9.17, 15) is 13.2 Å². The van der Waals surface area contributed by atoms with Crippen LogP contribution >= 0.6 is 22.9 Å². The maximum absolute atomic E-state index is 12.8. The van der Waals surface area contributed by atoms with Crippen LogP contribution in [0.4, 0.5) is 5.69 Å². The van der Waals surface area contributed by atoms with Gasteiger partial charge in [-0.3, -0.25) is 4.79 Å². The van der Waals surface area contributed by atoms with Crippen LogP contribution in [-0.4, -0.2) is 42.5 Å². The molecule has 1 N–H and O–H groups in total. The Balaban J connectivity index is 1.62. The Morgan fingerprint density at radius 1 is 1.13 bits per heavy atom. The van der Waals surface area contributed by atoms with Crippen LogP contribution in [0.15, 0.2) is 59.5 Å². The number of sulfonamides is 1. The third-order valence-corrected chi connectivity index (χ3v) is 8.00. The van der Waals surface area contributed by atoms with Crippen LogP contribution in [0.3, 0.4) is 0 Å². The molecule has 2 heterocycles. The van der Waals surface area contributed by atoms with E-state index in [0.717, 1.165) is 25.9 Å². The SMILES string of the molecule is Cc1nn(-c2ccccc2Cl)c2sc(C(=O)Nc3ccc(S(=O)(=O)N(C)C)cc3)cc12. The fourth-order valence-corrected chi connectivity index (χ4v) is 5.25. The summed E-state index contributed by atoms with van der Waals surface area (Å²) in [5, 5.41) is 8.82. The number of halogens is 1.